The number of hydrogen-bond acceptors (Lipinski definition) is 1. The molecule has 0 saturated heterocycles. The first kappa shape index (κ1) is 12.9. The maximum atomic E-state index is 5.44. The molecule has 0 spiro atoms. The molecule has 1 unspecified atom stereocenters. The predicted molar refractivity (Wildman–Crippen MR) is 75.9 cm³/mol. The van der Waals surface area contributed by atoms with Crippen molar-refractivity contribution < 1.29 is 4.74 Å². The first-order valence-electron chi connectivity index (χ1n) is 6.53. The Hall–Kier alpha value is -0.500. The number of alkyl halides is 1. The molecule has 1 atom stereocenters. The van der Waals surface area contributed by atoms with E-state index < -0.39 is 0 Å². The van der Waals surface area contributed by atoms with E-state index in [-0.39, 0.29) is 0 Å². The third kappa shape index (κ3) is 3.25. The van der Waals surface area contributed by atoms with Crippen molar-refractivity contribution in [3.63, 3.8) is 0 Å². The molecule has 0 aliphatic heterocycles. The summed E-state index contributed by atoms with van der Waals surface area (Å²) in [6.07, 6.45) is 6.79. The number of ether oxygens (including phenoxy) is 1. The number of rotatable bonds is 5. The maximum Gasteiger partial charge on any atom is 0.122 e. The molecule has 1 nitrogen and oxygen atoms in total. The van der Waals surface area contributed by atoms with Crippen molar-refractivity contribution in [2.75, 3.05) is 12.4 Å². The van der Waals surface area contributed by atoms with Gasteiger partial charge in [0.25, 0.3) is 0 Å². The molecule has 0 N–H and O–H groups in total. The molecular weight excluding hydrogens is 276 g/mol. The highest BCUT2D eigenvalue weighted by atomic mass is 79.9. The number of para-hydroxylation sites is 1. The molecular formula is C15H21BrO. The molecule has 1 aromatic carbocycles. The quantitative estimate of drug-likeness (QED) is 0.730. The monoisotopic (exact) mass is 296 g/mol. The van der Waals surface area contributed by atoms with Gasteiger partial charge in [0.1, 0.15) is 5.75 Å². The standard InChI is InChI=1S/C15H21BrO/c1-17-15-9-5-4-8-13(15)10-14(11-16)12-6-2-3-7-12/h4-5,8-9,12,14H,2-3,6-7,10-11H2,1H3. The summed E-state index contributed by atoms with van der Waals surface area (Å²) in [6, 6.07) is 8.41. The van der Waals surface area contributed by atoms with Gasteiger partial charge in [0.2, 0.25) is 0 Å². The second-order valence-electron chi connectivity index (χ2n) is 4.97. The number of halogens is 1. The normalized spacial score (nSPS) is 18.2. The average Bonchev–Trinajstić information content (AvgIpc) is 2.90. The molecule has 0 aromatic heterocycles. The Morgan fingerprint density at radius 1 is 1.29 bits per heavy atom. The summed E-state index contributed by atoms with van der Waals surface area (Å²) < 4.78 is 5.44. The highest BCUT2D eigenvalue weighted by Crippen LogP contribution is 2.35. The summed E-state index contributed by atoms with van der Waals surface area (Å²) in [5.74, 6) is 2.70. The molecule has 0 amide bonds. The van der Waals surface area contributed by atoms with Crippen LogP contribution in [0.25, 0.3) is 0 Å². The second kappa shape index (κ2) is 6.44. The zero-order valence-electron chi connectivity index (χ0n) is 10.5. The van der Waals surface area contributed by atoms with E-state index in [1.807, 2.05) is 6.07 Å². The van der Waals surface area contributed by atoms with Gasteiger partial charge in [-0.1, -0.05) is 59.8 Å². The Morgan fingerprint density at radius 2 is 2.00 bits per heavy atom. The largest absolute Gasteiger partial charge is 0.496 e. The van der Waals surface area contributed by atoms with Crippen molar-refractivity contribution in [2.24, 2.45) is 11.8 Å². The van der Waals surface area contributed by atoms with Crippen LogP contribution in [0.2, 0.25) is 0 Å². The van der Waals surface area contributed by atoms with E-state index in [4.69, 9.17) is 4.74 Å². The molecule has 1 saturated carbocycles. The first-order chi connectivity index (χ1) is 8.35. The van der Waals surface area contributed by atoms with Crippen LogP contribution in [0.5, 0.6) is 5.75 Å². The summed E-state index contributed by atoms with van der Waals surface area (Å²) in [6.45, 7) is 0. The Balaban J connectivity index is 2.06. The lowest BCUT2D eigenvalue weighted by atomic mass is 9.87. The molecule has 2 rings (SSSR count). The van der Waals surface area contributed by atoms with Gasteiger partial charge in [-0.3, -0.25) is 0 Å². The molecule has 0 heterocycles. The van der Waals surface area contributed by atoms with Gasteiger partial charge in [-0.2, -0.15) is 0 Å². The van der Waals surface area contributed by atoms with Gasteiger partial charge in [0.05, 0.1) is 7.11 Å². The van der Waals surface area contributed by atoms with Crippen LogP contribution in [0.4, 0.5) is 0 Å². The molecule has 94 valence electrons. The van der Waals surface area contributed by atoms with Crippen LogP contribution in [0.3, 0.4) is 0 Å². The fourth-order valence-electron chi connectivity index (χ4n) is 2.93. The lowest BCUT2D eigenvalue weighted by molar-refractivity contribution is 0.361. The molecule has 1 aliphatic rings. The summed E-state index contributed by atoms with van der Waals surface area (Å²) in [5.41, 5.74) is 1.35. The highest BCUT2D eigenvalue weighted by Gasteiger charge is 2.24. The Kier molecular flexibility index (Phi) is 4.90. The van der Waals surface area contributed by atoms with Gasteiger partial charge in [-0.15, -0.1) is 0 Å². The average molecular weight is 297 g/mol. The maximum absolute atomic E-state index is 5.44. The van der Waals surface area contributed by atoms with Gasteiger partial charge in [-0.05, 0) is 29.9 Å². The van der Waals surface area contributed by atoms with E-state index in [1.54, 1.807) is 7.11 Å². The molecule has 17 heavy (non-hydrogen) atoms. The van der Waals surface area contributed by atoms with Crippen LogP contribution in [0.15, 0.2) is 24.3 Å². The Bertz CT molecular complexity index is 345. The number of benzene rings is 1. The Morgan fingerprint density at radius 3 is 2.65 bits per heavy atom. The molecule has 0 bridgehead atoms. The van der Waals surface area contributed by atoms with Crippen molar-refractivity contribution >= 4 is 15.9 Å². The second-order valence-corrected chi connectivity index (χ2v) is 5.62. The zero-order valence-corrected chi connectivity index (χ0v) is 12.1. The third-order valence-electron chi connectivity index (χ3n) is 3.94. The van der Waals surface area contributed by atoms with Gasteiger partial charge in [-0.25, -0.2) is 0 Å². The van der Waals surface area contributed by atoms with Gasteiger partial charge < -0.3 is 4.74 Å². The summed E-state index contributed by atoms with van der Waals surface area (Å²) >= 11 is 3.69. The van der Waals surface area contributed by atoms with E-state index in [2.05, 4.69) is 34.1 Å². The minimum Gasteiger partial charge on any atom is -0.496 e. The van der Waals surface area contributed by atoms with Gasteiger partial charge in [0.15, 0.2) is 0 Å². The fraction of sp³-hybridized carbons (Fsp3) is 0.600. The van der Waals surface area contributed by atoms with E-state index in [0.29, 0.717) is 0 Å². The SMILES string of the molecule is COc1ccccc1CC(CBr)C1CCCC1. The highest BCUT2D eigenvalue weighted by molar-refractivity contribution is 9.09. The van der Waals surface area contributed by atoms with Crippen LogP contribution < -0.4 is 4.74 Å². The summed E-state index contributed by atoms with van der Waals surface area (Å²) in [5, 5.41) is 1.11. The smallest absolute Gasteiger partial charge is 0.122 e. The molecule has 1 aromatic rings. The van der Waals surface area contributed by atoms with Gasteiger partial charge in [0, 0.05) is 5.33 Å². The summed E-state index contributed by atoms with van der Waals surface area (Å²) in [4.78, 5) is 0. The van der Waals surface area contributed by atoms with Crippen LogP contribution in [0.1, 0.15) is 31.2 Å². The van der Waals surface area contributed by atoms with Crippen molar-refractivity contribution in [1.29, 1.82) is 0 Å². The van der Waals surface area contributed by atoms with Crippen LogP contribution >= 0.6 is 15.9 Å². The first-order valence-corrected chi connectivity index (χ1v) is 7.65. The van der Waals surface area contributed by atoms with E-state index in [1.165, 1.54) is 31.2 Å². The third-order valence-corrected chi connectivity index (χ3v) is 4.77. The van der Waals surface area contributed by atoms with E-state index in [9.17, 15) is 0 Å². The topological polar surface area (TPSA) is 9.23 Å². The lowest BCUT2D eigenvalue weighted by Crippen LogP contribution is -2.16. The molecule has 2 heteroatoms. The molecule has 0 radical (unpaired) electrons. The van der Waals surface area contributed by atoms with Crippen LogP contribution in [-0.2, 0) is 6.42 Å². The number of methoxy groups -OCH3 is 1. The van der Waals surface area contributed by atoms with Crippen LogP contribution in [0, 0.1) is 11.8 Å². The van der Waals surface area contributed by atoms with Crippen molar-refractivity contribution in [3.05, 3.63) is 29.8 Å². The van der Waals surface area contributed by atoms with E-state index >= 15 is 0 Å². The van der Waals surface area contributed by atoms with Gasteiger partial charge >= 0.3 is 0 Å². The molecule has 1 fully saturated rings. The summed E-state index contributed by atoms with van der Waals surface area (Å²) in [7, 11) is 1.76. The predicted octanol–water partition coefficient (Wildman–Crippen LogP) is 4.44. The number of hydrogen-bond donors (Lipinski definition) is 0. The zero-order chi connectivity index (χ0) is 12.1. The van der Waals surface area contributed by atoms with Crippen LogP contribution in [-0.4, -0.2) is 12.4 Å². The van der Waals surface area contributed by atoms with Crippen molar-refractivity contribution in [2.45, 2.75) is 32.1 Å². The van der Waals surface area contributed by atoms with Crippen molar-refractivity contribution in [1.82, 2.24) is 0 Å². The van der Waals surface area contributed by atoms with E-state index in [0.717, 1.165) is 29.3 Å². The molecule has 1 aliphatic carbocycles. The lowest BCUT2D eigenvalue weighted by Gasteiger charge is -2.22. The Labute approximate surface area is 113 Å². The van der Waals surface area contributed by atoms with Crippen molar-refractivity contribution in [3.8, 4) is 5.75 Å². The minimum absolute atomic E-state index is 0.758. The minimum atomic E-state index is 0.758. The fourth-order valence-corrected chi connectivity index (χ4v) is 3.69.